The SMILES string of the molecule is Cc1ccc(NC2CC3CC2N(C(=O)c2cc(C)cnc2-c2ncccn2)C3)nc1.Cc1ccc(NC2CC3CC2N(C(=O)c2ccc(F)cc2-c2nc(C)no2)C3)nc1.Cc1ccc(NC2CC3CC2N(C(=O)c2nc(C)ccc2-c2ncccn2)C3)nc1.Cc1ccc(NC2CC3CC2N(C(=O)c2ncc(C)cc2-c2ncccn2)C3)nc1. The molecule has 4 saturated carbocycles. The molecule has 4 saturated heterocycles. The third-order valence-corrected chi connectivity index (χ3v) is 24.0. The fourth-order valence-electron chi connectivity index (χ4n) is 18.5. The van der Waals surface area contributed by atoms with E-state index in [1.54, 1.807) is 74.7 Å². The molecule has 8 bridgehead atoms. The van der Waals surface area contributed by atoms with Gasteiger partial charge in [0.25, 0.3) is 29.5 Å². The van der Waals surface area contributed by atoms with Gasteiger partial charge in [-0.2, -0.15) is 4.98 Å². The zero-order chi connectivity index (χ0) is 82.8. The first-order valence-electron chi connectivity index (χ1n) is 41.1. The third kappa shape index (κ3) is 17.2. The second-order valence-corrected chi connectivity index (χ2v) is 33.1. The van der Waals surface area contributed by atoms with Gasteiger partial charge < -0.3 is 45.4 Å². The number of carbonyl (C=O) groups excluding carboxylic acids is 4. The first kappa shape index (κ1) is 79.1. The molecule has 15 heterocycles. The lowest BCUT2D eigenvalue weighted by molar-refractivity contribution is 0.0679. The maximum atomic E-state index is 13.9. The fraction of sp³-hybridized carbons (Fsp3) is 0.352. The van der Waals surface area contributed by atoms with E-state index in [1.165, 1.54) is 18.2 Å². The molecule has 12 atom stereocenters. The first-order valence-corrected chi connectivity index (χ1v) is 41.1. The Morgan fingerprint density at radius 2 is 0.750 bits per heavy atom. The van der Waals surface area contributed by atoms with Gasteiger partial charge >= 0.3 is 0 Å². The van der Waals surface area contributed by atoms with Crippen LogP contribution in [0.5, 0.6) is 0 Å². The first-order chi connectivity index (χ1) is 58.2. The van der Waals surface area contributed by atoms with Gasteiger partial charge in [0.2, 0.25) is 0 Å². The molecule has 610 valence electrons. The molecule has 8 fully saturated rings. The Hall–Kier alpha value is -13.3. The summed E-state index contributed by atoms with van der Waals surface area (Å²) in [5.41, 5.74) is 11.3. The summed E-state index contributed by atoms with van der Waals surface area (Å²) in [5.74, 6) is 6.78. The number of halogens is 1. The van der Waals surface area contributed by atoms with E-state index < -0.39 is 5.82 Å². The number of rotatable bonds is 16. The number of aryl methyl sites for hydroxylation is 8. The van der Waals surface area contributed by atoms with Crippen LogP contribution in [0, 0.1) is 84.9 Å². The van der Waals surface area contributed by atoms with Crippen LogP contribution in [0.1, 0.15) is 138 Å². The van der Waals surface area contributed by atoms with Gasteiger partial charge in [-0.05, 0) is 249 Å². The van der Waals surface area contributed by atoms with Crippen LogP contribution < -0.4 is 21.3 Å². The maximum absolute atomic E-state index is 13.9. The van der Waals surface area contributed by atoms with Gasteiger partial charge in [0, 0.05) is 130 Å². The molecule has 4 N–H and O–H groups in total. The Labute approximate surface area is 694 Å². The lowest BCUT2D eigenvalue weighted by Gasteiger charge is -2.34. The monoisotopic (exact) mass is 1610 g/mol. The summed E-state index contributed by atoms with van der Waals surface area (Å²) in [6.45, 7) is 18.6. The van der Waals surface area contributed by atoms with E-state index in [2.05, 4.69) is 102 Å². The number of nitrogens with one attached hydrogen (secondary N) is 4. The summed E-state index contributed by atoms with van der Waals surface area (Å²) >= 11 is 0. The topological polar surface area (TPSA) is 336 Å². The van der Waals surface area contributed by atoms with E-state index in [9.17, 15) is 23.6 Å². The van der Waals surface area contributed by atoms with Crippen molar-refractivity contribution >= 4 is 46.9 Å². The van der Waals surface area contributed by atoms with E-state index in [4.69, 9.17) is 4.52 Å². The van der Waals surface area contributed by atoms with Crippen LogP contribution in [-0.2, 0) is 0 Å². The highest BCUT2D eigenvalue weighted by Crippen LogP contribution is 2.45. The zero-order valence-corrected chi connectivity index (χ0v) is 68.2. The molecule has 0 radical (unpaired) electrons. The molecule has 4 amide bonds. The smallest absolute Gasteiger partial charge is 0.273 e. The third-order valence-electron chi connectivity index (χ3n) is 24.0. The molecule has 4 aliphatic heterocycles. The van der Waals surface area contributed by atoms with E-state index in [0.717, 1.165) is 133 Å². The summed E-state index contributed by atoms with van der Waals surface area (Å²) in [7, 11) is 0. The van der Waals surface area contributed by atoms with Crippen LogP contribution in [0.4, 0.5) is 27.7 Å². The van der Waals surface area contributed by atoms with Crippen LogP contribution in [0.15, 0.2) is 188 Å². The second-order valence-electron chi connectivity index (χ2n) is 33.1. The molecule has 4 aliphatic carbocycles. The Morgan fingerprint density at radius 3 is 1.17 bits per heavy atom. The van der Waals surface area contributed by atoms with Gasteiger partial charge in [-0.25, -0.2) is 59.2 Å². The second kappa shape index (κ2) is 34.3. The minimum Gasteiger partial charge on any atom is -0.365 e. The summed E-state index contributed by atoms with van der Waals surface area (Å²) in [6, 6.07) is 34.3. The maximum Gasteiger partial charge on any atom is 0.273 e. The lowest BCUT2D eigenvalue weighted by Crippen LogP contribution is -2.48. The van der Waals surface area contributed by atoms with Crippen LogP contribution in [0.25, 0.3) is 45.7 Å². The molecule has 28 nitrogen and oxygen atoms in total. The van der Waals surface area contributed by atoms with Crippen LogP contribution in [0.2, 0.25) is 0 Å². The average Bonchev–Trinajstić information content (AvgIpc) is 1.61. The van der Waals surface area contributed by atoms with Crippen LogP contribution >= 0.6 is 0 Å². The lowest BCUT2D eigenvalue weighted by atomic mass is 10.0. The van der Waals surface area contributed by atoms with Crippen molar-refractivity contribution in [1.82, 2.24) is 94.5 Å². The predicted octanol–water partition coefficient (Wildman–Crippen LogP) is 13.4. The molecular formula is C91H94FN23O5. The number of benzene rings is 1. The summed E-state index contributed by atoms with van der Waals surface area (Å²) in [6.07, 6.45) is 29.2. The molecule has 29 heteroatoms. The summed E-state index contributed by atoms with van der Waals surface area (Å²) in [5, 5.41) is 17.9. The Balaban J connectivity index is 0.000000114. The number of anilines is 4. The highest BCUT2D eigenvalue weighted by molar-refractivity contribution is 6.02. The van der Waals surface area contributed by atoms with Crippen molar-refractivity contribution in [3.63, 3.8) is 0 Å². The van der Waals surface area contributed by atoms with Gasteiger partial charge in [-0.15, -0.1) is 0 Å². The Bertz CT molecular complexity index is 5530. The Kier molecular flexibility index (Phi) is 22.6. The number of hydrogen-bond donors (Lipinski definition) is 4. The molecule has 0 spiro atoms. The normalized spacial score (nSPS) is 22.4. The molecule has 12 aromatic rings. The molecular weight excluding hydrogens is 1510 g/mol. The number of amides is 4. The van der Waals surface area contributed by atoms with Crippen molar-refractivity contribution in [3.8, 4) is 45.7 Å². The van der Waals surface area contributed by atoms with Gasteiger partial charge in [-0.3, -0.25) is 29.1 Å². The number of pyridine rings is 7. The minimum atomic E-state index is -0.453. The number of fused-ring (bicyclic) bond motifs is 8. The van der Waals surface area contributed by atoms with E-state index in [0.29, 0.717) is 98.4 Å². The Morgan fingerprint density at radius 1 is 0.358 bits per heavy atom. The minimum absolute atomic E-state index is 0.00418. The number of nitrogens with zero attached hydrogens (tertiary/aromatic N) is 19. The quantitative estimate of drug-likeness (QED) is 0.0698. The number of carbonyl (C=O) groups is 4. The van der Waals surface area contributed by atoms with Crippen molar-refractivity contribution in [3.05, 3.63) is 257 Å². The number of piperidine rings is 4. The van der Waals surface area contributed by atoms with Gasteiger partial charge in [0.05, 0.1) is 52.0 Å². The molecule has 1 aromatic carbocycles. The summed E-state index contributed by atoms with van der Waals surface area (Å²) < 4.78 is 19.1. The van der Waals surface area contributed by atoms with Gasteiger partial charge in [-0.1, -0.05) is 29.4 Å². The van der Waals surface area contributed by atoms with Crippen LogP contribution in [0.3, 0.4) is 0 Å². The van der Waals surface area contributed by atoms with Gasteiger partial charge in [0.15, 0.2) is 23.3 Å². The highest BCUT2D eigenvalue weighted by Gasteiger charge is 2.52. The van der Waals surface area contributed by atoms with Gasteiger partial charge in [0.1, 0.15) is 46.2 Å². The highest BCUT2D eigenvalue weighted by atomic mass is 19.1. The predicted molar refractivity (Wildman–Crippen MR) is 450 cm³/mol. The number of aromatic nitrogens is 15. The van der Waals surface area contributed by atoms with E-state index in [1.807, 2.05) is 160 Å². The molecule has 20 rings (SSSR count). The zero-order valence-electron chi connectivity index (χ0n) is 68.2. The van der Waals surface area contributed by atoms with Crippen molar-refractivity contribution in [2.75, 3.05) is 47.4 Å². The van der Waals surface area contributed by atoms with Crippen molar-refractivity contribution in [2.24, 2.45) is 23.7 Å². The van der Waals surface area contributed by atoms with Crippen molar-refractivity contribution < 1.29 is 28.1 Å². The summed E-state index contributed by atoms with van der Waals surface area (Å²) in [4.78, 5) is 124. The fourth-order valence-corrected chi connectivity index (χ4v) is 18.5. The van der Waals surface area contributed by atoms with Crippen LogP contribution in [-0.4, -0.2) is 193 Å². The largest absolute Gasteiger partial charge is 0.365 e. The van der Waals surface area contributed by atoms with E-state index in [-0.39, 0.29) is 77.9 Å². The average molecular weight is 1610 g/mol. The number of likely N-dealkylation sites (tertiary alicyclic amines) is 4. The van der Waals surface area contributed by atoms with E-state index >= 15 is 0 Å². The van der Waals surface area contributed by atoms with Crippen molar-refractivity contribution in [1.29, 1.82) is 0 Å². The molecule has 8 aliphatic rings. The molecule has 120 heavy (non-hydrogen) atoms. The van der Waals surface area contributed by atoms with Crippen molar-refractivity contribution in [2.45, 2.75) is 155 Å². The molecule has 12 unspecified atom stereocenters. The molecule has 11 aromatic heterocycles. The number of hydrogen-bond acceptors (Lipinski definition) is 24. The standard InChI is InChI=1S/3C23H24N6O.C22H22FN5O2/c1-14-4-7-20(26-12-14)28-18-10-16-11-19(18)29(13-16)23(30)21-17(6-5-15(2)27-21)22-24-8-3-9-25-22;1-14-4-5-20(26-11-14)28-18-9-16-10-19(18)29(13-16)23(30)17-8-15(2)12-27-21(17)22-24-6-3-7-25-22;1-14-4-5-20(26-11-14)28-18-9-16-10-19(18)29(13-16)23(30)21-17(8-15(2)12-27-21)22-24-6-3-7-25-22;1-12-3-6-20(24-10-12)26-18-7-14-8-19(18)28(11-14)22(29)16-5-4-15(23)9-17(16)21-25-13(2)27-30-21/h3-9,12,16,18-19H,10-11,13H2,1-2H3,(H,26,28);2*3-8,11-12,16,18-19H,9-10,13H2,1-2H3,(H,26,28);3-6,9-10,14,18-19H,7-8,11H2,1-2H3,(H,24,26).